The minimum absolute atomic E-state index is 0.103. The molecule has 2 heteroatoms. The average Bonchev–Trinajstić information content (AvgIpc) is 2.09. The summed E-state index contributed by atoms with van der Waals surface area (Å²) in [5, 5.41) is 0.777. The van der Waals surface area contributed by atoms with E-state index in [1.165, 1.54) is 5.56 Å². The molecular weight excluding hydrogens is 184 g/mol. The fourth-order valence-electron chi connectivity index (χ4n) is 1.17. The lowest BCUT2D eigenvalue weighted by atomic mass is 9.99. The Morgan fingerprint density at radius 3 is 2.23 bits per heavy atom. The normalized spacial score (nSPS) is 11.7. The second-order valence-corrected chi connectivity index (χ2v) is 4.20. The number of ether oxygens (including phenoxy) is 1. The Morgan fingerprint density at radius 1 is 1.23 bits per heavy atom. The minimum atomic E-state index is -0.103. The van der Waals surface area contributed by atoms with Crippen LogP contribution in [0.2, 0.25) is 5.02 Å². The van der Waals surface area contributed by atoms with Crippen LogP contribution in [0.4, 0.5) is 0 Å². The second kappa shape index (κ2) is 4.12. The van der Waals surface area contributed by atoms with Crippen molar-refractivity contribution in [3.63, 3.8) is 0 Å². The molecule has 0 saturated carbocycles. The summed E-state index contributed by atoms with van der Waals surface area (Å²) < 4.78 is 5.34. The molecule has 72 valence electrons. The van der Waals surface area contributed by atoms with Gasteiger partial charge in [-0.25, -0.2) is 0 Å². The zero-order chi connectivity index (χ0) is 9.90. The van der Waals surface area contributed by atoms with E-state index in [-0.39, 0.29) is 5.60 Å². The Morgan fingerprint density at radius 2 is 1.77 bits per heavy atom. The van der Waals surface area contributed by atoms with Gasteiger partial charge in [0.05, 0.1) is 5.60 Å². The highest BCUT2D eigenvalue weighted by atomic mass is 35.5. The van der Waals surface area contributed by atoms with Crippen LogP contribution in [0.15, 0.2) is 24.3 Å². The molecule has 0 radical (unpaired) electrons. The van der Waals surface area contributed by atoms with Crippen LogP contribution in [0.3, 0.4) is 0 Å². The molecule has 0 fully saturated rings. The summed E-state index contributed by atoms with van der Waals surface area (Å²) in [6.07, 6.45) is 0.903. The Hall–Kier alpha value is -0.530. The van der Waals surface area contributed by atoms with Gasteiger partial charge in [-0.3, -0.25) is 0 Å². The van der Waals surface area contributed by atoms with Gasteiger partial charge in [0.25, 0.3) is 0 Å². The maximum Gasteiger partial charge on any atom is 0.0662 e. The predicted octanol–water partition coefficient (Wildman–Crippen LogP) is 3.31. The first-order chi connectivity index (χ1) is 6.03. The van der Waals surface area contributed by atoms with Crippen LogP contribution in [0, 0.1) is 0 Å². The third-order valence-corrected chi connectivity index (χ3v) is 2.35. The van der Waals surface area contributed by atoms with Crippen molar-refractivity contribution >= 4 is 11.6 Å². The number of halogens is 1. The van der Waals surface area contributed by atoms with Gasteiger partial charge in [-0.05, 0) is 31.5 Å². The van der Waals surface area contributed by atoms with E-state index >= 15 is 0 Å². The number of rotatable bonds is 3. The van der Waals surface area contributed by atoms with Crippen LogP contribution in [0.1, 0.15) is 19.4 Å². The van der Waals surface area contributed by atoms with Crippen LogP contribution in [0.25, 0.3) is 0 Å². The Balaban J connectivity index is 2.69. The maximum absolute atomic E-state index is 5.79. The van der Waals surface area contributed by atoms with Crippen LogP contribution < -0.4 is 0 Å². The molecule has 0 heterocycles. The van der Waals surface area contributed by atoms with Crippen molar-refractivity contribution in [3.8, 4) is 0 Å². The maximum atomic E-state index is 5.79. The molecule has 13 heavy (non-hydrogen) atoms. The SMILES string of the molecule is COC(C)(C)Cc1ccc(Cl)cc1. The van der Waals surface area contributed by atoms with E-state index in [2.05, 4.69) is 13.8 Å². The number of hydrogen-bond donors (Lipinski definition) is 0. The highest BCUT2D eigenvalue weighted by Gasteiger charge is 2.16. The van der Waals surface area contributed by atoms with Crippen molar-refractivity contribution in [2.45, 2.75) is 25.9 Å². The molecule has 1 rings (SSSR count). The van der Waals surface area contributed by atoms with Gasteiger partial charge >= 0.3 is 0 Å². The van der Waals surface area contributed by atoms with Gasteiger partial charge in [-0.2, -0.15) is 0 Å². The standard InChI is InChI=1S/C11H15ClO/c1-11(2,13-3)8-9-4-6-10(12)7-5-9/h4-7H,8H2,1-3H3. The van der Waals surface area contributed by atoms with Crippen molar-refractivity contribution in [1.82, 2.24) is 0 Å². The summed E-state index contributed by atoms with van der Waals surface area (Å²) in [7, 11) is 1.73. The number of benzene rings is 1. The zero-order valence-corrected chi connectivity index (χ0v) is 9.06. The molecule has 0 unspecified atom stereocenters. The number of methoxy groups -OCH3 is 1. The van der Waals surface area contributed by atoms with Gasteiger partial charge in [-0.1, -0.05) is 23.7 Å². The van der Waals surface area contributed by atoms with Gasteiger partial charge in [0, 0.05) is 18.6 Å². The molecule has 0 bridgehead atoms. The topological polar surface area (TPSA) is 9.23 Å². The Kier molecular flexibility index (Phi) is 3.34. The second-order valence-electron chi connectivity index (χ2n) is 3.77. The van der Waals surface area contributed by atoms with Gasteiger partial charge in [0.2, 0.25) is 0 Å². The van der Waals surface area contributed by atoms with Crippen molar-refractivity contribution in [2.75, 3.05) is 7.11 Å². The Labute approximate surface area is 84.7 Å². The summed E-state index contributed by atoms with van der Waals surface area (Å²) >= 11 is 5.79. The zero-order valence-electron chi connectivity index (χ0n) is 8.30. The molecule has 1 nitrogen and oxygen atoms in total. The van der Waals surface area contributed by atoms with E-state index in [9.17, 15) is 0 Å². The van der Waals surface area contributed by atoms with Gasteiger partial charge in [0.15, 0.2) is 0 Å². The lowest BCUT2D eigenvalue weighted by Gasteiger charge is -2.22. The largest absolute Gasteiger partial charge is 0.378 e. The fourth-order valence-corrected chi connectivity index (χ4v) is 1.29. The summed E-state index contributed by atoms with van der Waals surface area (Å²) in [6, 6.07) is 7.87. The summed E-state index contributed by atoms with van der Waals surface area (Å²) in [5.74, 6) is 0. The lowest BCUT2D eigenvalue weighted by molar-refractivity contribution is 0.0232. The molecule has 0 amide bonds. The molecule has 0 atom stereocenters. The summed E-state index contributed by atoms with van der Waals surface area (Å²) in [6.45, 7) is 4.14. The van der Waals surface area contributed by atoms with E-state index in [4.69, 9.17) is 16.3 Å². The van der Waals surface area contributed by atoms with E-state index in [0.29, 0.717) is 0 Å². The van der Waals surface area contributed by atoms with Crippen LogP contribution in [-0.2, 0) is 11.2 Å². The molecule has 1 aromatic rings. The summed E-state index contributed by atoms with van der Waals surface area (Å²) in [5.41, 5.74) is 1.14. The third-order valence-electron chi connectivity index (χ3n) is 2.10. The van der Waals surface area contributed by atoms with E-state index < -0.39 is 0 Å². The minimum Gasteiger partial charge on any atom is -0.378 e. The average molecular weight is 199 g/mol. The van der Waals surface area contributed by atoms with E-state index in [1.807, 2.05) is 24.3 Å². The van der Waals surface area contributed by atoms with E-state index in [1.54, 1.807) is 7.11 Å². The van der Waals surface area contributed by atoms with Crippen molar-refractivity contribution in [2.24, 2.45) is 0 Å². The lowest BCUT2D eigenvalue weighted by Crippen LogP contribution is -2.25. The van der Waals surface area contributed by atoms with Gasteiger partial charge in [0.1, 0.15) is 0 Å². The fraction of sp³-hybridized carbons (Fsp3) is 0.455. The molecule has 0 N–H and O–H groups in total. The molecule has 1 aromatic carbocycles. The summed E-state index contributed by atoms with van der Waals surface area (Å²) in [4.78, 5) is 0. The first kappa shape index (κ1) is 10.6. The van der Waals surface area contributed by atoms with Crippen LogP contribution in [0.5, 0.6) is 0 Å². The van der Waals surface area contributed by atoms with Crippen LogP contribution in [-0.4, -0.2) is 12.7 Å². The van der Waals surface area contributed by atoms with Gasteiger partial charge < -0.3 is 4.74 Å². The van der Waals surface area contributed by atoms with Crippen molar-refractivity contribution < 1.29 is 4.74 Å². The predicted molar refractivity (Wildman–Crippen MR) is 56.2 cm³/mol. The first-order valence-corrected chi connectivity index (χ1v) is 4.71. The molecular formula is C11H15ClO. The molecule has 0 aliphatic heterocycles. The monoisotopic (exact) mass is 198 g/mol. The van der Waals surface area contributed by atoms with Gasteiger partial charge in [-0.15, -0.1) is 0 Å². The first-order valence-electron chi connectivity index (χ1n) is 4.33. The smallest absolute Gasteiger partial charge is 0.0662 e. The Bertz CT molecular complexity index is 264. The van der Waals surface area contributed by atoms with Crippen LogP contribution >= 0.6 is 11.6 Å². The third kappa shape index (κ3) is 3.37. The molecule has 0 aromatic heterocycles. The highest BCUT2D eigenvalue weighted by Crippen LogP contribution is 2.17. The highest BCUT2D eigenvalue weighted by molar-refractivity contribution is 6.30. The molecule has 0 spiro atoms. The number of hydrogen-bond acceptors (Lipinski definition) is 1. The molecule has 0 aliphatic rings. The molecule has 0 saturated heterocycles. The quantitative estimate of drug-likeness (QED) is 0.724. The molecule has 0 aliphatic carbocycles. The van der Waals surface area contributed by atoms with Crippen molar-refractivity contribution in [1.29, 1.82) is 0 Å². The van der Waals surface area contributed by atoms with Crippen molar-refractivity contribution in [3.05, 3.63) is 34.9 Å². The van der Waals surface area contributed by atoms with E-state index in [0.717, 1.165) is 11.4 Å².